The van der Waals surface area contributed by atoms with Crippen LogP contribution in [0.4, 0.5) is 0 Å². The van der Waals surface area contributed by atoms with Crippen molar-refractivity contribution in [2.45, 2.75) is 13.2 Å². The first kappa shape index (κ1) is 12.2. The summed E-state index contributed by atoms with van der Waals surface area (Å²) in [5.41, 5.74) is 5.34. The van der Waals surface area contributed by atoms with Gasteiger partial charge in [0, 0.05) is 6.07 Å². The Morgan fingerprint density at radius 2 is 1.94 bits per heavy atom. The van der Waals surface area contributed by atoms with Crippen LogP contribution < -0.4 is 10.5 Å². The number of nitrogens with zero attached hydrogens (tertiary/aromatic N) is 2. The minimum atomic E-state index is 0.158. The van der Waals surface area contributed by atoms with E-state index in [0.717, 1.165) is 0 Å². The maximum Gasteiger partial charge on any atom is 0.253 e. The third-order valence-corrected chi connectivity index (χ3v) is 2.68. The Kier molecular flexibility index (Phi) is 3.83. The lowest BCUT2D eigenvalue weighted by Gasteiger charge is -2.04. The molecule has 5 nitrogen and oxygen atoms in total. The number of hydrogen-bond donors (Lipinski definition) is 1. The Labute approximate surface area is 107 Å². The summed E-state index contributed by atoms with van der Waals surface area (Å²) in [5.74, 6) is 1.31. The van der Waals surface area contributed by atoms with E-state index >= 15 is 0 Å². The second-order valence-corrected chi connectivity index (χ2v) is 3.97. The number of hydrogen-bond acceptors (Lipinski definition) is 5. The number of benzene rings is 1. The zero-order valence-corrected chi connectivity index (χ0v) is 10.2. The van der Waals surface area contributed by atoms with Gasteiger partial charge in [0.2, 0.25) is 5.89 Å². The average molecular weight is 274 g/mol. The predicted molar refractivity (Wildman–Crippen MR) is 63.0 cm³/mol. The predicted octanol–water partition coefficient (Wildman–Crippen LogP) is 2.41. The van der Waals surface area contributed by atoms with Crippen molar-refractivity contribution in [1.29, 1.82) is 0 Å². The van der Waals surface area contributed by atoms with Crippen molar-refractivity contribution in [3.05, 3.63) is 40.0 Å². The van der Waals surface area contributed by atoms with Crippen LogP contribution in [0, 0.1) is 0 Å². The zero-order chi connectivity index (χ0) is 12.3. The molecule has 2 aromatic rings. The third-order valence-electron chi connectivity index (χ3n) is 1.94. The van der Waals surface area contributed by atoms with Gasteiger partial charge in [-0.05, 0) is 12.1 Å². The van der Waals surface area contributed by atoms with E-state index < -0.39 is 0 Å². The summed E-state index contributed by atoms with van der Waals surface area (Å²) in [6.45, 7) is 0.366. The molecule has 90 valence electrons. The van der Waals surface area contributed by atoms with Crippen molar-refractivity contribution < 1.29 is 9.15 Å². The first-order valence-electron chi connectivity index (χ1n) is 4.78. The van der Waals surface area contributed by atoms with Crippen molar-refractivity contribution in [2.75, 3.05) is 0 Å². The fourth-order valence-electron chi connectivity index (χ4n) is 1.14. The van der Waals surface area contributed by atoms with Crippen LogP contribution in [0.25, 0.3) is 0 Å². The minimum Gasteiger partial charge on any atom is -0.484 e. The number of rotatable bonds is 4. The molecule has 0 saturated heterocycles. The van der Waals surface area contributed by atoms with Crippen molar-refractivity contribution >= 4 is 23.2 Å². The van der Waals surface area contributed by atoms with Gasteiger partial charge in [-0.15, -0.1) is 10.2 Å². The molecule has 1 heterocycles. The standard InChI is InChI=1S/C10H9Cl2N3O2/c11-7-2-1-6(3-8(7)12)16-5-10-15-14-9(4-13)17-10/h1-3H,4-5,13H2. The third kappa shape index (κ3) is 3.09. The van der Waals surface area contributed by atoms with E-state index in [0.29, 0.717) is 27.6 Å². The molecule has 0 radical (unpaired) electrons. The Morgan fingerprint density at radius 3 is 2.59 bits per heavy atom. The van der Waals surface area contributed by atoms with E-state index in [1.165, 1.54) is 0 Å². The molecule has 17 heavy (non-hydrogen) atoms. The maximum atomic E-state index is 5.84. The monoisotopic (exact) mass is 273 g/mol. The SMILES string of the molecule is NCc1nnc(COc2ccc(Cl)c(Cl)c2)o1. The van der Waals surface area contributed by atoms with Crippen molar-refractivity contribution in [3.63, 3.8) is 0 Å². The van der Waals surface area contributed by atoms with Gasteiger partial charge in [-0.3, -0.25) is 0 Å². The van der Waals surface area contributed by atoms with E-state index in [9.17, 15) is 0 Å². The van der Waals surface area contributed by atoms with Crippen LogP contribution in [0.3, 0.4) is 0 Å². The van der Waals surface area contributed by atoms with Crippen LogP contribution in [0.2, 0.25) is 10.0 Å². The summed E-state index contributed by atoms with van der Waals surface area (Å²) in [5, 5.41) is 8.37. The highest BCUT2D eigenvalue weighted by atomic mass is 35.5. The van der Waals surface area contributed by atoms with Crippen molar-refractivity contribution in [1.82, 2.24) is 10.2 Å². The Morgan fingerprint density at radius 1 is 1.18 bits per heavy atom. The highest BCUT2D eigenvalue weighted by molar-refractivity contribution is 6.42. The molecule has 0 saturated carbocycles. The summed E-state index contributed by atoms with van der Waals surface area (Å²) < 4.78 is 10.6. The molecule has 0 aliphatic rings. The minimum absolute atomic E-state index is 0.158. The van der Waals surface area contributed by atoms with Gasteiger partial charge in [0.25, 0.3) is 5.89 Å². The van der Waals surface area contributed by atoms with E-state index in [1.807, 2.05) is 0 Å². The largest absolute Gasteiger partial charge is 0.484 e. The smallest absolute Gasteiger partial charge is 0.253 e. The summed E-state index contributed by atoms with van der Waals surface area (Å²) >= 11 is 11.6. The molecule has 0 atom stereocenters. The van der Waals surface area contributed by atoms with Crippen LogP contribution in [-0.4, -0.2) is 10.2 Å². The lowest BCUT2D eigenvalue weighted by atomic mass is 10.3. The molecule has 1 aromatic heterocycles. The summed E-state index contributed by atoms with van der Waals surface area (Å²) in [7, 11) is 0. The zero-order valence-electron chi connectivity index (χ0n) is 8.69. The molecule has 0 spiro atoms. The number of ether oxygens (including phenoxy) is 1. The Balaban J connectivity index is 1.99. The van der Waals surface area contributed by atoms with Gasteiger partial charge < -0.3 is 14.9 Å². The van der Waals surface area contributed by atoms with Crippen LogP contribution in [0.15, 0.2) is 22.6 Å². The van der Waals surface area contributed by atoms with Crippen LogP contribution >= 0.6 is 23.2 Å². The van der Waals surface area contributed by atoms with E-state index in [2.05, 4.69) is 10.2 Å². The fraction of sp³-hybridized carbons (Fsp3) is 0.200. The quantitative estimate of drug-likeness (QED) is 0.926. The van der Waals surface area contributed by atoms with Gasteiger partial charge >= 0.3 is 0 Å². The first-order chi connectivity index (χ1) is 8.19. The lowest BCUT2D eigenvalue weighted by molar-refractivity contribution is 0.259. The second-order valence-electron chi connectivity index (χ2n) is 3.16. The van der Waals surface area contributed by atoms with Crippen molar-refractivity contribution in [3.8, 4) is 5.75 Å². The molecule has 2 rings (SSSR count). The van der Waals surface area contributed by atoms with Crippen LogP contribution in [0.5, 0.6) is 5.75 Å². The van der Waals surface area contributed by atoms with Gasteiger partial charge in [0.05, 0.1) is 16.6 Å². The number of halogens is 2. The van der Waals surface area contributed by atoms with Gasteiger partial charge in [-0.1, -0.05) is 23.2 Å². The van der Waals surface area contributed by atoms with Gasteiger partial charge in [0.15, 0.2) is 6.61 Å². The second kappa shape index (κ2) is 5.35. The van der Waals surface area contributed by atoms with E-state index in [1.54, 1.807) is 18.2 Å². The molecule has 0 aliphatic heterocycles. The molecule has 2 N–H and O–H groups in total. The van der Waals surface area contributed by atoms with Gasteiger partial charge in [-0.2, -0.15) is 0 Å². The van der Waals surface area contributed by atoms with Gasteiger partial charge in [-0.25, -0.2) is 0 Å². The van der Waals surface area contributed by atoms with Gasteiger partial charge in [0.1, 0.15) is 5.75 Å². The lowest BCUT2D eigenvalue weighted by Crippen LogP contribution is -1.96. The molecular weight excluding hydrogens is 265 g/mol. The highest BCUT2D eigenvalue weighted by Crippen LogP contribution is 2.26. The Hall–Kier alpha value is -1.30. The molecule has 7 heteroatoms. The van der Waals surface area contributed by atoms with Crippen LogP contribution in [0.1, 0.15) is 11.8 Å². The topological polar surface area (TPSA) is 74.2 Å². The highest BCUT2D eigenvalue weighted by Gasteiger charge is 2.06. The Bertz CT molecular complexity index is 516. The first-order valence-corrected chi connectivity index (χ1v) is 5.54. The molecular formula is C10H9Cl2N3O2. The van der Waals surface area contributed by atoms with E-state index in [4.69, 9.17) is 38.1 Å². The molecule has 0 amide bonds. The van der Waals surface area contributed by atoms with Crippen molar-refractivity contribution in [2.24, 2.45) is 5.73 Å². The summed E-state index contributed by atoms with van der Waals surface area (Å²) in [4.78, 5) is 0. The number of aromatic nitrogens is 2. The molecule has 0 aliphatic carbocycles. The summed E-state index contributed by atoms with van der Waals surface area (Å²) in [6, 6.07) is 4.97. The summed E-state index contributed by atoms with van der Waals surface area (Å²) in [6.07, 6.45) is 0. The molecule has 0 fully saturated rings. The molecule has 0 bridgehead atoms. The molecule has 1 aromatic carbocycles. The fourth-order valence-corrected chi connectivity index (χ4v) is 1.43. The normalized spacial score (nSPS) is 10.5. The number of nitrogens with two attached hydrogens (primary N) is 1. The average Bonchev–Trinajstić information content (AvgIpc) is 2.79. The van der Waals surface area contributed by atoms with E-state index in [-0.39, 0.29) is 13.2 Å². The van der Waals surface area contributed by atoms with Crippen LogP contribution in [-0.2, 0) is 13.2 Å². The maximum absolute atomic E-state index is 5.84. The molecule has 0 unspecified atom stereocenters.